The lowest BCUT2D eigenvalue weighted by atomic mass is 10.2. The molecule has 0 heterocycles. The number of nitrogens with zero attached hydrogens (tertiary/aromatic N) is 1. The van der Waals surface area contributed by atoms with Crippen LogP contribution in [0, 0.1) is 5.92 Å². The van der Waals surface area contributed by atoms with Gasteiger partial charge in [-0.1, -0.05) is 25.1 Å². The van der Waals surface area contributed by atoms with Crippen LogP contribution < -0.4 is 5.32 Å². The van der Waals surface area contributed by atoms with Crippen LogP contribution in [0.2, 0.25) is 0 Å². The van der Waals surface area contributed by atoms with Crippen LogP contribution in [0.25, 0.3) is 0 Å². The minimum absolute atomic E-state index is 0.715. The van der Waals surface area contributed by atoms with Gasteiger partial charge in [0.1, 0.15) is 0 Å². The summed E-state index contributed by atoms with van der Waals surface area (Å²) in [7, 11) is 4.22. The van der Waals surface area contributed by atoms with Crippen molar-refractivity contribution in [3.63, 3.8) is 0 Å². The molecule has 0 aliphatic heterocycles. The number of benzene rings is 1. The van der Waals surface area contributed by atoms with Crippen LogP contribution in [-0.2, 0) is 0 Å². The average Bonchev–Trinajstić information content (AvgIpc) is 2.30. The molecular weight excluding hydrogens is 228 g/mol. The van der Waals surface area contributed by atoms with Crippen LogP contribution in [0.4, 0.5) is 0 Å². The lowest BCUT2D eigenvalue weighted by Gasteiger charge is -2.20. The summed E-state index contributed by atoms with van der Waals surface area (Å²) in [6, 6.07) is 10.6. The van der Waals surface area contributed by atoms with Gasteiger partial charge in [-0.3, -0.25) is 0 Å². The monoisotopic (exact) mass is 252 g/mol. The highest BCUT2D eigenvalue weighted by Crippen LogP contribution is 2.16. The molecule has 96 valence electrons. The standard InChI is InChI=1S/C14H24N2S/c1-13(11-15-2)12-16(3)9-10-17-14-7-5-4-6-8-14/h4-8,13,15H,9-12H2,1-3H3. The normalized spacial score (nSPS) is 12.9. The molecule has 1 rings (SSSR count). The minimum atomic E-state index is 0.715. The third-order valence-corrected chi connectivity index (χ3v) is 3.65. The summed E-state index contributed by atoms with van der Waals surface area (Å²) in [5.41, 5.74) is 0. The zero-order valence-corrected chi connectivity index (χ0v) is 12.0. The highest BCUT2D eigenvalue weighted by molar-refractivity contribution is 7.99. The fraction of sp³-hybridized carbons (Fsp3) is 0.571. The predicted molar refractivity (Wildman–Crippen MR) is 77.8 cm³/mol. The van der Waals surface area contributed by atoms with Crippen molar-refractivity contribution in [1.29, 1.82) is 0 Å². The van der Waals surface area contributed by atoms with Gasteiger partial charge in [-0.05, 0) is 38.7 Å². The molecule has 1 unspecified atom stereocenters. The zero-order valence-electron chi connectivity index (χ0n) is 11.1. The van der Waals surface area contributed by atoms with Gasteiger partial charge in [0.05, 0.1) is 0 Å². The second-order valence-corrected chi connectivity index (χ2v) is 5.75. The molecule has 0 amide bonds. The van der Waals surface area contributed by atoms with E-state index in [4.69, 9.17) is 0 Å². The molecule has 0 fully saturated rings. The van der Waals surface area contributed by atoms with E-state index < -0.39 is 0 Å². The molecule has 3 heteroatoms. The van der Waals surface area contributed by atoms with Crippen molar-refractivity contribution in [3.8, 4) is 0 Å². The molecule has 0 aliphatic carbocycles. The van der Waals surface area contributed by atoms with Gasteiger partial charge in [-0.2, -0.15) is 0 Å². The summed E-state index contributed by atoms with van der Waals surface area (Å²) < 4.78 is 0. The van der Waals surface area contributed by atoms with E-state index in [9.17, 15) is 0 Å². The molecule has 0 aromatic heterocycles. The largest absolute Gasteiger partial charge is 0.319 e. The quantitative estimate of drug-likeness (QED) is 0.716. The Kier molecular flexibility index (Phi) is 7.33. The van der Waals surface area contributed by atoms with Gasteiger partial charge in [-0.15, -0.1) is 11.8 Å². The Morgan fingerprint density at radius 2 is 2.00 bits per heavy atom. The molecule has 0 aliphatic rings. The summed E-state index contributed by atoms with van der Waals surface area (Å²) in [4.78, 5) is 3.78. The Morgan fingerprint density at radius 1 is 1.29 bits per heavy atom. The first-order chi connectivity index (χ1) is 8.22. The fourth-order valence-corrected chi connectivity index (χ4v) is 2.86. The molecule has 0 saturated heterocycles. The number of rotatable bonds is 8. The summed E-state index contributed by atoms with van der Waals surface area (Å²) in [6.45, 7) is 5.69. The summed E-state index contributed by atoms with van der Waals surface area (Å²) in [5, 5.41) is 3.22. The fourth-order valence-electron chi connectivity index (χ4n) is 1.87. The minimum Gasteiger partial charge on any atom is -0.319 e. The molecule has 0 spiro atoms. The van der Waals surface area contributed by atoms with E-state index in [1.54, 1.807) is 0 Å². The first kappa shape index (κ1) is 14.6. The second kappa shape index (κ2) is 8.56. The highest BCUT2D eigenvalue weighted by atomic mass is 32.2. The van der Waals surface area contributed by atoms with Gasteiger partial charge in [0.25, 0.3) is 0 Å². The summed E-state index contributed by atoms with van der Waals surface area (Å²) in [6.07, 6.45) is 0. The topological polar surface area (TPSA) is 15.3 Å². The van der Waals surface area contributed by atoms with Crippen molar-refractivity contribution in [2.75, 3.05) is 39.5 Å². The van der Waals surface area contributed by atoms with E-state index in [0.717, 1.165) is 25.4 Å². The van der Waals surface area contributed by atoms with Crippen molar-refractivity contribution >= 4 is 11.8 Å². The van der Waals surface area contributed by atoms with Crippen LogP contribution >= 0.6 is 11.8 Å². The maximum Gasteiger partial charge on any atom is 0.0108 e. The van der Waals surface area contributed by atoms with Crippen molar-refractivity contribution in [1.82, 2.24) is 10.2 Å². The van der Waals surface area contributed by atoms with Gasteiger partial charge < -0.3 is 10.2 Å². The van der Waals surface area contributed by atoms with Crippen LogP contribution in [0.3, 0.4) is 0 Å². The van der Waals surface area contributed by atoms with E-state index in [-0.39, 0.29) is 0 Å². The Labute approximate surface area is 110 Å². The third kappa shape index (κ3) is 6.71. The summed E-state index contributed by atoms with van der Waals surface area (Å²) >= 11 is 1.93. The lowest BCUT2D eigenvalue weighted by Crippen LogP contribution is -2.31. The predicted octanol–water partition coefficient (Wildman–Crippen LogP) is 2.57. The van der Waals surface area contributed by atoms with Crippen molar-refractivity contribution in [3.05, 3.63) is 30.3 Å². The van der Waals surface area contributed by atoms with E-state index in [2.05, 4.69) is 54.5 Å². The molecular formula is C14H24N2S. The van der Waals surface area contributed by atoms with Gasteiger partial charge >= 0.3 is 0 Å². The van der Waals surface area contributed by atoms with Crippen LogP contribution in [0.5, 0.6) is 0 Å². The van der Waals surface area contributed by atoms with Crippen molar-refractivity contribution in [2.24, 2.45) is 5.92 Å². The number of hydrogen-bond acceptors (Lipinski definition) is 3. The molecule has 0 radical (unpaired) electrons. The molecule has 0 saturated carbocycles. The number of thioether (sulfide) groups is 1. The van der Waals surface area contributed by atoms with E-state index in [0.29, 0.717) is 5.92 Å². The number of nitrogens with one attached hydrogen (secondary N) is 1. The highest BCUT2D eigenvalue weighted by Gasteiger charge is 2.05. The number of hydrogen-bond donors (Lipinski definition) is 1. The zero-order chi connectivity index (χ0) is 12.5. The molecule has 2 nitrogen and oxygen atoms in total. The summed E-state index contributed by atoms with van der Waals surface area (Å²) in [5.74, 6) is 1.87. The van der Waals surface area contributed by atoms with E-state index in [1.807, 2.05) is 18.8 Å². The van der Waals surface area contributed by atoms with Crippen LogP contribution in [-0.4, -0.2) is 44.4 Å². The van der Waals surface area contributed by atoms with Gasteiger partial charge in [0.2, 0.25) is 0 Å². The van der Waals surface area contributed by atoms with Crippen LogP contribution in [0.15, 0.2) is 35.2 Å². The first-order valence-electron chi connectivity index (χ1n) is 6.23. The van der Waals surface area contributed by atoms with Crippen molar-refractivity contribution < 1.29 is 0 Å². The van der Waals surface area contributed by atoms with Crippen molar-refractivity contribution in [2.45, 2.75) is 11.8 Å². The molecule has 17 heavy (non-hydrogen) atoms. The smallest absolute Gasteiger partial charge is 0.0108 e. The molecule has 1 aromatic carbocycles. The maximum absolute atomic E-state index is 3.22. The third-order valence-electron chi connectivity index (χ3n) is 2.66. The van der Waals surface area contributed by atoms with Crippen LogP contribution in [0.1, 0.15) is 6.92 Å². The molecule has 1 N–H and O–H groups in total. The van der Waals surface area contributed by atoms with E-state index in [1.165, 1.54) is 4.90 Å². The molecule has 1 aromatic rings. The van der Waals surface area contributed by atoms with Gasteiger partial charge in [0, 0.05) is 23.7 Å². The Morgan fingerprint density at radius 3 is 2.65 bits per heavy atom. The lowest BCUT2D eigenvalue weighted by molar-refractivity contribution is 0.298. The van der Waals surface area contributed by atoms with Gasteiger partial charge in [-0.25, -0.2) is 0 Å². The molecule has 0 bridgehead atoms. The Hall–Kier alpha value is -0.510. The Balaban J connectivity index is 2.14. The SMILES string of the molecule is CNCC(C)CN(C)CCSc1ccccc1. The van der Waals surface area contributed by atoms with E-state index >= 15 is 0 Å². The maximum atomic E-state index is 3.22. The average molecular weight is 252 g/mol. The molecule has 1 atom stereocenters. The van der Waals surface area contributed by atoms with Gasteiger partial charge in [0.15, 0.2) is 0 Å². The second-order valence-electron chi connectivity index (χ2n) is 4.59. The first-order valence-corrected chi connectivity index (χ1v) is 7.22. The Bertz CT molecular complexity index is 290.